The van der Waals surface area contributed by atoms with Gasteiger partial charge in [0.05, 0.1) is 6.04 Å². The van der Waals surface area contributed by atoms with Crippen LogP contribution in [0.1, 0.15) is 36.3 Å². The highest BCUT2D eigenvalue weighted by Crippen LogP contribution is 2.35. The van der Waals surface area contributed by atoms with Gasteiger partial charge in [0.25, 0.3) is 0 Å². The van der Waals surface area contributed by atoms with Crippen LogP contribution < -0.4 is 11.1 Å². The highest BCUT2D eigenvalue weighted by atomic mass is 19.1. The van der Waals surface area contributed by atoms with Crippen LogP contribution >= 0.6 is 0 Å². The number of nitrogens with two attached hydrogens (primary N) is 1. The lowest BCUT2D eigenvalue weighted by atomic mass is 9.81. The van der Waals surface area contributed by atoms with Crippen molar-refractivity contribution in [3.63, 3.8) is 0 Å². The van der Waals surface area contributed by atoms with Crippen molar-refractivity contribution in [1.82, 2.24) is 15.0 Å². The van der Waals surface area contributed by atoms with Crippen LogP contribution in [0, 0.1) is 5.92 Å². The molecule has 0 fully saturated rings. The van der Waals surface area contributed by atoms with E-state index in [2.05, 4.69) is 39.3 Å². The molecule has 1 aromatic carbocycles. The van der Waals surface area contributed by atoms with Crippen molar-refractivity contribution < 1.29 is 4.39 Å². The van der Waals surface area contributed by atoms with Crippen LogP contribution in [-0.4, -0.2) is 15.0 Å². The van der Waals surface area contributed by atoms with Crippen LogP contribution in [-0.2, 0) is 13.1 Å². The van der Waals surface area contributed by atoms with Crippen LogP contribution in [0.4, 0.5) is 16.3 Å². The third-order valence-corrected chi connectivity index (χ3v) is 3.93. The van der Waals surface area contributed by atoms with Gasteiger partial charge in [-0.3, -0.25) is 0 Å². The average molecular weight is 287 g/mol. The largest absolute Gasteiger partial charge is 0.368 e. The molecule has 5 nitrogen and oxygen atoms in total. The quantitative estimate of drug-likeness (QED) is 0.907. The Hall–Kier alpha value is -2.24. The molecular weight excluding hydrogens is 269 g/mol. The maximum absolute atomic E-state index is 12.7. The van der Waals surface area contributed by atoms with E-state index >= 15 is 0 Å². The molecule has 0 radical (unpaired) electrons. The number of nitrogen functional groups attached to an aromatic ring is 1. The van der Waals surface area contributed by atoms with Crippen LogP contribution in [0.5, 0.6) is 0 Å². The van der Waals surface area contributed by atoms with Crippen molar-refractivity contribution in [3.8, 4) is 0 Å². The summed E-state index contributed by atoms with van der Waals surface area (Å²) in [6.07, 6.45) is 2.16. The van der Waals surface area contributed by atoms with E-state index in [1.165, 1.54) is 11.1 Å². The monoisotopic (exact) mass is 287 g/mol. The van der Waals surface area contributed by atoms with E-state index in [1.54, 1.807) is 0 Å². The molecule has 0 amide bonds. The van der Waals surface area contributed by atoms with Gasteiger partial charge < -0.3 is 11.1 Å². The first-order valence-electron chi connectivity index (χ1n) is 7.08. The van der Waals surface area contributed by atoms with Crippen molar-refractivity contribution in [2.45, 2.75) is 32.5 Å². The molecule has 2 unspecified atom stereocenters. The van der Waals surface area contributed by atoms with Gasteiger partial charge in [0.15, 0.2) is 5.82 Å². The molecule has 0 aliphatic heterocycles. The summed E-state index contributed by atoms with van der Waals surface area (Å²) in [5, 5.41) is 3.29. The van der Waals surface area contributed by atoms with E-state index in [1.807, 2.05) is 12.1 Å². The van der Waals surface area contributed by atoms with Gasteiger partial charge in [0.1, 0.15) is 6.67 Å². The minimum absolute atomic E-state index is 0.0388. The Labute approximate surface area is 122 Å². The molecule has 21 heavy (non-hydrogen) atoms. The molecular formula is C15H18FN5. The highest BCUT2D eigenvalue weighted by molar-refractivity contribution is 5.40. The topological polar surface area (TPSA) is 76.7 Å². The first-order valence-corrected chi connectivity index (χ1v) is 7.08. The summed E-state index contributed by atoms with van der Waals surface area (Å²) in [5.74, 6) is 0.870. The van der Waals surface area contributed by atoms with E-state index in [4.69, 9.17) is 5.73 Å². The second kappa shape index (κ2) is 5.63. The fourth-order valence-corrected chi connectivity index (χ4v) is 2.84. The number of aromatic nitrogens is 3. The minimum Gasteiger partial charge on any atom is -0.368 e. The van der Waals surface area contributed by atoms with E-state index in [9.17, 15) is 4.39 Å². The molecule has 1 aliphatic rings. The summed E-state index contributed by atoms with van der Waals surface area (Å²) in [6, 6.07) is 8.44. The first kappa shape index (κ1) is 13.7. The molecule has 3 N–H and O–H groups in total. The number of alkyl halides is 1. The molecule has 0 spiro atoms. The van der Waals surface area contributed by atoms with Crippen molar-refractivity contribution in [2.24, 2.45) is 5.92 Å². The Morgan fingerprint density at radius 2 is 2.10 bits per heavy atom. The van der Waals surface area contributed by atoms with Gasteiger partial charge in [-0.2, -0.15) is 15.0 Å². The summed E-state index contributed by atoms with van der Waals surface area (Å²) < 4.78 is 12.7. The number of benzene rings is 1. The third kappa shape index (κ3) is 2.79. The Morgan fingerprint density at radius 3 is 2.90 bits per heavy atom. The summed E-state index contributed by atoms with van der Waals surface area (Å²) in [6.45, 7) is 1.44. The second-order valence-electron chi connectivity index (χ2n) is 5.40. The van der Waals surface area contributed by atoms with E-state index in [-0.39, 0.29) is 17.8 Å². The zero-order chi connectivity index (χ0) is 14.8. The van der Waals surface area contributed by atoms with Gasteiger partial charge in [-0.05, 0) is 29.9 Å². The number of aryl methyl sites for hydroxylation is 1. The van der Waals surface area contributed by atoms with Crippen LogP contribution in [0.3, 0.4) is 0 Å². The SMILES string of the molecule is CC1CCc2ccccc2C1Nc1nc(N)nc(CF)n1. The summed E-state index contributed by atoms with van der Waals surface area (Å²) in [5.41, 5.74) is 8.18. The van der Waals surface area contributed by atoms with Gasteiger partial charge in [-0.25, -0.2) is 4.39 Å². The molecule has 2 aromatic rings. The molecule has 1 aromatic heterocycles. The van der Waals surface area contributed by atoms with Crippen LogP contribution in [0.25, 0.3) is 0 Å². The normalized spacial score (nSPS) is 20.9. The van der Waals surface area contributed by atoms with Crippen molar-refractivity contribution in [2.75, 3.05) is 11.1 Å². The maximum atomic E-state index is 12.7. The molecule has 1 heterocycles. The van der Waals surface area contributed by atoms with Crippen molar-refractivity contribution in [1.29, 1.82) is 0 Å². The predicted molar refractivity (Wildman–Crippen MR) is 79.3 cm³/mol. The predicted octanol–water partition coefficient (Wildman–Crippen LogP) is 2.66. The summed E-state index contributed by atoms with van der Waals surface area (Å²) in [4.78, 5) is 11.9. The smallest absolute Gasteiger partial charge is 0.228 e. The van der Waals surface area contributed by atoms with Gasteiger partial charge in [0, 0.05) is 0 Å². The second-order valence-corrected chi connectivity index (χ2v) is 5.40. The zero-order valence-corrected chi connectivity index (χ0v) is 11.9. The molecule has 3 rings (SSSR count). The average Bonchev–Trinajstić information content (AvgIpc) is 2.49. The standard InChI is InChI=1S/C15H18FN5/c1-9-6-7-10-4-2-3-5-11(10)13(9)20-15-19-12(8-16)18-14(17)21-15/h2-5,9,13H,6-8H2,1H3,(H3,17,18,19,20,21). The number of halogens is 1. The van der Waals surface area contributed by atoms with Gasteiger partial charge in [-0.1, -0.05) is 31.2 Å². The number of rotatable bonds is 3. The van der Waals surface area contributed by atoms with Crippen molar-refractivity contribution in [3.05, 3.63) is 41.2 Å². The van der Waals surface area contributed by atoms with Gasteiger partial charge in [-0.15, -0.1) is 0 Å². The minimum atomic E-state index is -0.752. The van der Waals surface area contributed by atoms with Gasteiger partial charge in [0.2, 0.25) is 11.9 Å². The molecule has 0 saturated carbocycles. The summed E-state index contributed by atoms with van der Waals surface area (Å²) >= 11 is 0. The zero-order valence-electron chi connectivity index (χ0n) is 11.9. The first-order chi connectivity index (χ1) is 10.2. The molecule has 0 saturated heterocycles. The number of nitrogens with zero attached hydrogens (tertiary/aromatic N) is 3. The number of fused-ring (bicyclic) bond motifs is 1. The molecule has 6 heteroatoms. The maximum Gasteiger partial charge on any atom is 0.228 e. The number of anilines is 2. The third-order valence-electron chi connectivity index (χ3n) is 3.93. The van der Waals surface area contributed by atoms with E-state index in [0.717, 1.165) is 12.8 Å². The Bertz CT molecular complexity index is 646. The molecule has 0 bridgehead atoms. The lowest BCUT2D eigenvalue weighted by Gasteiger charge is -2.32. The van der Waals surface area contributed by atoms with E-state index < -0.39 is 6.67 Å². The number of hydrogen-bond acceptors (Lipinski definition) is 5. The van der Waals surface area contributed by atoms with Crippen LogP contribution in [0.15, 0.2) is 24.3 Å². The van der Waals surface area contributed by atoms with Crippen molar-refractivity contribution >= 4 is 11.9 Å². The highest BCUT2D eigenvalue weighted by Gasteiger charge is 2.27. The molecule has 2 atom stereocenters. The fraction of sp³-hybridized carbons (Fsp3) is 0.400. The lowest BCUT2D eigenvalue weighted by Crippen LogP contribution is -2.26. The Balaban J connectivity index is 1.92. The Kier molecular flexibility index (Phi) is 3.68. The number of nitrogens with one attached hydrogen (secondary N) is 1. The van der Waals surface area contributed by atoms with E-state index in [0.29, 0.717) is 11.9 Å². The molecule has 110 valence electrons. The van der Waals surface area contributed by atoms with Gasteiger partial charge >= 0.3 is 0 Å². The molecule has 1 aliphatic carbocycles. The fourth-order valence-electron chi connectivity index (χ4n) is 2.84. The van der Waals surface area contributed by atoms with Crippen LogP contribution in [0.2, 0.25) is 0 Å². The Morgan fingerprint density at radius 1 is 1.29 bits per heavy atom. The summed E-state index contributed by atoms with van der Waals surface area (Å²) in [7, 11) is 0. The lowest BCUT2D eigenvalue weighted by molar-refractivity contribution is 0.430. The number of hydrogen-bond donors (Lipinski definition) is 2.